The van der Waals surface area contributed by atoms with Gasteiger partial charge in [0, 0.05) is 0 Å². The average molecular weight is 265 g/mol. The Morgan fingerprint density at radius 3 is 2.26 bits per heavy atom. The second-order valence-corrected chi connectivity index (χ2v) is 3.81. The Morgan fingerprint density at radius 2 is 1.63 bits per heavy atom. The summed E-state index contributed by atoms with van der Waals surface area (Å²) >= 11 is 0. The van der Waals surface area contributed by atoms with Crippen LogP contribution in [0.2, 0.25) is 0 Å². The van der Waals surface area contributed by atoms with E-state index in [1.54, 1.807) is 6.92 Å². The van der Waals surface area contributed by atoms with Crippen molar-refractivity contribution < 1.29 is 14.2 Å². The first-order chi connectivity index (χ1) is 9.24. The molecule has 2 atom stereocenters. The van der Waals surface area contributed by atoms with Gasteiger partial charge in [-0.05, 0) is 13.3 Å². The van der Waals surface area contributed by atoms with Crippen LogP contribution in [0.3, 0.4) is 0 Å². The van der Waals surface area contributed by atoms with Crippen molar-refractivity contribution >= 4 is 0 Å². The van der Waals surface area contributed by atoms with E-state index in [9.17, 15) is 0 Å². The van der Waals surface area contributed by atoms with Crippen molar-refractivity contribution in [2.75, 3.05) is 26.4 Å². The molecule has 0 aliphatic rings. The van der Waals surface area contributed by atoms with Gasteiger partial charge < -0.3 is 14.2 Å². The van der Waals surface area contributed by atoms with Crippen LogP contribution in [-0.4, -0.2) is 38.6 Å². The summed E-state index contributed by atoms with van der Waals surface area (Å²) in [5, 5.41) is 25.4. The van der Waals surface area contributed by atoms with Crippen molar-refractivity contribution in [3.05, 3.63) is 0 Å². The number of hydrogen-bond acceptors (Lipinski definition) is 6. The summed E-state index contributed by atoms with van der Waals surface area (Å²) in [4.78, 5) is 0. The highest BCUT2D eigenvalue weighted by atomic mass is 16.5. The zero-order chi connectivity index (χ0) is 14.3. The largest absolute Gasteiger partial charge is 0.378 e. The van der Waals surface area contributed by atoms with Crippen LogP contribution in [0.25, 0.3) is 0 Å². The molecule has 6 heteroatoms. The van der Waals surface area contributed by atoms with Gasteiger partial charge in [-0.3, -0.25) is 0 Å². The third-order valence-electron chi connectivity index (χ3n) is 2.22. The maximum atomic E-state index is 8.58. The van der Waals surface area contributed by atoms with E-state index in [-0.39, 0.29) is 6.10 Å². The van der Waals surface area contributed by atoms with Crippen LogP contribution in [0.1, 0.15) is 26.2 Å². The van der Waals surface area contributed by atoms with Crippen LogP contribution in [0.5, 0.6) is 0 Å². The first-order valence-corrected chi connectivity index (χ1v) is 6.19. The van der Waals surface area contributed by atoms with Gasteiger partial charge >= 0.3 is 0 Å². The molecule has 0 saturated carbocycles. The van der Waals surface area contributed by atoms with Crippen molar-refractivity contribution in [3.63, 3.8) is 0 Å². The molecule has 2 unspecified atom stereocenters. The quantitative estimate of drug-likeness (QED) is 0.525. The molecule has 0 rings (SSSR count). The number of ether oxygens (including phenoxy) is 3. The molecule has 0 amide bonds. The molecular weight excluding hydrogens is 246 g/mol. The van der Waals surface area contributed by atoms with Crippen molar-refractivity contribution in [3.8, 4) is 18.2 Å². The Morgan fingerprint density at radius 1 is 0.947 bits per heavy atom. The fraction of sp³-hybridized carbons (Fsp3) is 0.769. The van der Waals surface area contributed by atoms with Crippen LogP contribution in [0, 0.1) is 34.0 Å². The molecule has 0 radical (unpaired) electrons. The van der Waals surface area contributed by atoms with Crippen LogP contribution >= 0.6 is 0 Å². The summed E-state index contributed by atoms with van der Waals surface area (Å²) in [6.07, 6.45) is 0.623. The summed E-state index contributed by atoms with van der Waals surface area (Å²) in [5.74, 6) is 0. The molecule has 0 aromatic carbocycles. The van der Waals surface area contributed by atoms with Gasteiger partial charge in [0.25, 0.3) is 0 Å². The molecule has 0 N–H and O–H groups in total. The van der Waals surface area contributed by atoms with E-state index in [0.29, 0.717) is 45.7 Å². The van der Waals surface area contributed by atoms with E-state index in [2.05, 4.69) is 0 Å². The maximum absolute atomic E-state index is 8.58. The summed E-state index contributed by atoms with van der Waals surface area (Å²) in [6.45, 7) is 3.14. The summed E-state index contributed by atoms with van der Waals surface area (Å²) in [6, 6.07) is 5.97. The van der Waals surface area contributed by atoms with Gasteiger partial charge in [-0.1, -0.05) is 0 Å². The first-order valence-electron chi connectivity index (χ1n) is 6.19. The number of rotatable bonds is 11. The standard InChI is InChI=1S/C13H19N3O3/c1-12(10-16)18-9-4-13(19-8-3-6-15)11-17-7-2-5-14/h12-13H,2-4,7-9,11H2,1H3. The van der Waals surface area contributed by atoms with Gasteiger partial charge in [0.05, 0.1) is 63.6 Å². The Labute approximate surface area is 114 Å². The maximum Gasteiger partial charge on any atom is 0.141 e. The van der Waals surface area contributed by atoms with Gasteiger partial charge in [-0.25, -0.2) is 0 Å². The van der Waals surface area contributed by atoms with Gasteiger partial charge in [0.2, 0.25) is 0 Å². The summed E-state index contributed by atoms with van der Waals surface area (Å²) in [5.41, 5.74) is 0. The minimum absolute atomic E-state index is 0.182. The fourth-order valence-corrected chi connectivity index (χ4v) is 1.23. The molecule has 6 nitrogen and oxygen atoms in total. The van der Waals surface area contributed by atoms with Gasteiger partial charge in [0.15, 0.2) is 0 Å². The molecule has 0 aromatic heterocycles. The predicted octanol–water partition coefficient (Wildman–Crippen LogP) is 1.53. The summed E-state index contributed by atoms with van der Waals surface area (Å²) in [7, 11) is 0. The monoisotopic (exact) mass is 265 g/mol. The van der Waals surface area contributed by atoms with Gasteiger partial charge in [0.1, 0.15) is 6.10 Å². The third-order valence-corrected chi connectivity index (χ3v) is 2.22. The molecule has 0 aromatic rings. The molecule has 0 spiro atoms. The Hall–Kier alpha value is -1.65. The van der Waals surface area contributed by atoms with Crippen LogP contribution < -0.4 is 0 Å². The van der Waals surface area contributed by atoms with Crippen LogP contribution in [0.15, 0.2) is 0 Å². The molecule has 104 valence electrons. The second kappa shape index (κ2) is 12.8. The zero-order valence-electron chi connectivity index (χ0n) is 11.2. The SMILES string of the molecule is CC(C#N)OCCC(COCCC#N)OCCC#N. The van der Waals surface area contributed by atoms with Crippen molar-refractivity contribution in [1.29, 1.82) is 15.8 Å². The minimum Gasteiger partial charge on any atom is -0.378 e. The smallest absolute Gasteiger partial charge is 0.141 e. The minimum atomic E-state index is -0.445. The lowest BCUT2D eigenvalue weighted by Gasteiger charge is -2.17. The van der Waals surface area contributed by atoms with Crippen LogP contribution in [-0.2, 0) is 14.2 Å². The highest BCUT2D eigenvalue weighted by molar-refractivity contribution is 4.79. The Kier molecular flexibility index (Phi) is 11.7. The molecule has 0 saturated heterocycles. The van der Waals surface area contributed by atoms with E-state index in [1.807, 2.05) is 18.2 Å². The summed E-state index contributed by atoms with van der Waals surface area (Å²) < 4.78 is 16.0. The van der Waals surface area contributed by atoms with E-state index < -0.39 is 6.10 Å². The third kappa shape index (κ3) is 11.2. The lowest BCUT2D eigenvalue weighted by Crippen LogP contribution is -2.23. The highest BCUT2D eigenvalue weighted by Crippen LogP contribution is 2.03. The fourth-order valence-electron chi connectivity index (χ4n) is 1.23. The van der Waals surface area contributed by atoms with Crippen molar-refractivity contribution in [1.82, 2.24) is 0 Å². The van der Waals surface area contributed by atoms with Crippen molar-refractivity contribution in [2.24, 2.45) is 0 Å². The van der Waals surface area contributed by atoms with E-state index in [0.717, 1.165) is 0 Å². The molecule has 0 aliphatic heterocycles. The van der Waals surface area contributed by atoms with E-state index >= 15 is 0 Å². The topological polar surface area (TPSA) is 99.1 Å². The molecule has 19 heavy (non-hydrogen) atoms. The first kappa shape index (κ1) is 17.4. The lowest BCUT2D eigenvalue weighted by atomic mass is 10.2. The molecule has 0 heterocycles. The Balaban J connectivity index is 3.86. The average Bonchev–Trinajstić information content (AvgIpc) is 2.42. The predicted molar refractivity (Wildman–Crippen MR) is 66.7 cm³/mol. The van der Waals surface area contributed by atoms with E-state index in [1.165, 1.54) is 0 Å². The van der Waals surface area contributed by atoms with Gasteiger partial charge in [-0.15, -0.1) is 0 Å². The second-order valence-electron chi connectivity index (χ2n) is 3.81. The highest BCUT2D eigenvalue weighted by Gasteiger charge is 2.10. The van der Waals surface area contributed by atoms with Crippen molar-refractivity contribution in [2.45, 2.75) is 38.4 Å². The molecule has 0 aliphatic carbocycles. The zero-order valence-corrected chi connectivity index (χ0v) is 11.2. The normalized spacial score (nSPS) is 12.9. The molecular formula is C13H19N3O3. The Bertz CT molecular complexity index is 341. The number of nitrogens with zero attached hydrogens (tertiary/aromatic N) is 3. The lowest BCUT2D eigenvalue weighted by molar-refractivity contribution is -0.0334. The number of nitriles is 3. The van der Waals surface area contributed by atoms with Gasteiger partial charge in [-0.2, -0.15) is 15.8 Å². The molecule has 0 bridgehead atoms. The molecule has 0 fully saturated rings. The van der Waals surface area contributed by atoms with E-state index in [4.69, 9.17) is 30.0 Å². The van der Waals surface area contributed by atoms with Crippen LogP contribution in [0.4, 0.5) is 0 Å². The number of hydrogen-bond donors (Lipinski definition) is 0.